The molecule has 1 aromatic rings. The number of methoxy groups -OCH3 is 2. The van der Waals surface area contributed by atoms with E-state index < -0.39 is 5.97 Å². The van der Waals surface area contributed by atoms with Gasteiger partial charge in [-0.3, -0.25) is 0 Å². The van der Waals surface area contributed by atoms with Crippen LogP contribution in [0.2, 0.25) is 0 Å². The zero-order chi connectivity index (χ0) is 14.3. The topological polar surface area (TPSA) is 65.0 Å². The minimum absolute atomic E-state index is 0.103. The number of benzene rings is 1. The zero-order valence-electron chi connectivity index (χ0n) is 11.3. The summed E-state index contributed by atoms with van der Waals surface area (Å²) in [5.41, 5.74) is 0.564. The van der Waals surface area contributed by atoms with Crippen molar-refractivity contribution in [1.82, 2.24) is 0 Å². The third-order valence-corrected chi connectivity index (χ3v) is 2.40. The van der Waals surface area contributed by atoms with Crippen LogP contribution >= 0.6 is 0 Å². The summed E-state index contributed by atoms with van der Waals surface area (Å²) in [7, 11) is 2.88. The van der Waals surface area contributed by atoms with Gasteiger partial charge in [0.05, 0.1) is 20.8 Å². The Kier molecular flexibility index (Phi) is 5.73. The molecule has 0 fully saturated rings. The SMILES string of the molecule is CCCOC(=O)C=Cc1ccc(OC)c(O)c1OC. The van der Waals surface area contributed by atoms with E-state index >= 15 is 0 Å². The molecule has 0 aliphatic carbocycles. The highest BCUT2D eigenvalue weighted by molar-refractivity contribution is 5.88. The molecule has 0 unspecified atom stereocenters. The molecule has 0 spiro atoms. The Morgan fingerprint density at radius 1 is 1.32 bits per heavy atom. The fourth-order valence-corrected chi connectivity index (χ4v) is 1.49. The van der Waals surface area contributed by atoms with Gasteiger partial charge in [0.25, 0.3) is 0 Å². The van der Waals surface area contributed by atoms with Crippen molar-refractivity contribution in [3.05, 3.63) is 23.8 Å². The van der Waals surface area contributed by atoms with Crippen LogP contribution in [0.5, 0.6) is 17.2 Å². The molecule has 0 aromatic heterocycles. The molecule has 0 radical (unpaired) electrons. The van der Waals surface area contributed by atoms with Crippen LogP contribution in [0, 0.1) is 0 Å². The molecule has 0 saturated carbocycles. The third-order valence-electron chi connectivity index (χ3n) is 2.40. The van der Waals surface area contributed by atoms with Gasteiger partial charge in [0.1, 0.15) is 0 Å². The minimum Gasteiger partial charge on any atom is -0.502 e. The normalized spacial score (nSPS) is 10.5. The summed E-state index contributed by atoms with van der Waals surface area (Å²) < 4.78 is 15.0. The summed E-state index contributed by atoms with van der Waals surface area (Å²) in [6, 6.07) is 3.27. The lowest BCUT2D eigenvalue weighted by molar-refractivity contribution is -0.137. The van der Waals surface area contributed by atoms with E-state index in [1.165, 1.54) is 26.4 Å². The molecule has 5 nitrogen and oxygen atoms in total. The maximum Gasteiger partial charge on any atom is 0.330 e. The maximum atomic E-state index is 11.3. The maximum absolute atomic E-state index is 11.3. The van der Waals surface area contributed by atoms with E-state index in [0.29, 0.717) is 17.9 Å². The Morgan fingerprint density at radius 2 is 2.05 bits per heavy atom. The van der Waals surface area contributed by atoms with Gasteiger partial charge >= 0.3 is 5.97 Å². The second kappa shape index (κ2) is 7.31. The fourth-order valence-electron chi connectivity index (χ4n) is 1.49. The highest BCUT2D eigenvalue weighted by Gasteiger charge is 2.12. The van der Waals surface area contributed by atoms with Crippen molar-refractivity contribution >= 4 is 12.0 Å². The molecular weight excluding hydrogens is 248 g/mol. The Balaban J connectivity index is 2.92. The molecule has 1 N–H and O–H groups in total. The number of phenolic OH excluding ortho intramolecular Hbond substituents is 1. The van der Waals surface area contributed by atoms with E-state index in [4.69, 9.17) is 14.2 Å². The van der Waals surface area contributed by atoms with E-state index in [1.54, 1.807) is 12.1 Å². The standard InChI is InChI=1S/C14H18O5/c1-4-9-19-12(15)8-6-10-5-7-11(17-2)13(16)14(10)18-3/h5-8,16H,4,9H2,1-3H3. The molecule has 0 atom stereocenters. The van der Waals surface area contributed by atoms with Gasteiger partial charge in [0.15, 0.2) is 11.5 Å². The van der Waals surface area contributed by atoms with E-state index in [2.05, 4.69) is 0 Å². The van der Waals surface area contributed by atoms with Gasteiger partial charge in [-0.1, -0.05) is 6.92 Å². The Bertz CT molecular complexity index is 465. The molecule has 104 valence electrons. The Hall–Kier alpha value is -2.17. The van der Waals surface area contributed by atoms with Crippen molar-refractivity contribution in [2.24, 2.45) is 0 Å². The van der Waals surface area contributed by atoms with Crippen LogP contribution in [-0.2, 0) is 9.53 Å². The van der Waals surface area contributed by atoms with Gasteiger partial charge in [0.2, 0.25) is 5.75 Å². The lowest BCUT2D eigenvalue weighted by atomic mass is 10.1. The van der Waals surface area contributed by atoms with Crippen LogP contribution in [-0.4, -0.2) is 31.9 Å². The minimum atomic E-state index is -0.431. The van der Waals surface area contributed by atoms with Gasteiger partial charge in [0, 0.05) is 11.6 Å². The monoisotopic (exact) mass is 266 g/mol. The summed E-state index contributed by atoms with van der Waals surface area (Å²) in [5, 5.41) is 9.88. The van der Waals surface area contributed by atoms with Crippen molar-refractivity contribution < 1.29 is 24.1 Å². The Labute approximate surface area is 112 Å². The average Bonchev–Trinajstić information content (AvgIpc) is 2.42. The third kappa shape index (κ3) is 3.91. The average molecular weight is 266 g/mol. The summed E-state index contributed by atoms with van der Waals surface area (Å²) in [6.45, 7) is 2.30. The van der Waals surface area contributed by atoms with Crippen LogP contribution in [0.3, 0.4) is 0 Å². The quantitative estimate of drug-likeness (QED) is 0.632. The molecule has 0 bridgehead atoms. The first-order valence-electron chi connectivity index (χ1n) is 5.92. The highest BCUT2D eigenvalue weighted by atomic mass is 16.5. The first-order valence-corrected chi connectivity index (χ1v) is 5.92. The summed E-state index contributed by atoms with van der Waals surface area (Å²) >= 11 is 0. The summed E-state index contributed by atoms with van der Waals surface area (Å²) in [5.74, 6) is 0.0229. The molecule has 0 aliphatic rings. The lowest BCUT2D eigenvalue weighted by Gasteiger charge is -2.10. The van der Waals surface area contributed by atoms with E-state index in [9.17, 15) is 9.90 Å². The van der Waals surface area contributed by atoms with Gasteiger partial charge in [-0.15, -0.1) is 0 Å². The van der Waals surface area contributed by atoms with E-state index in [-0.39, 0.29) is 11.5 Å². The zero-order valence-corrected chi connectivity index (χ0v) is 11.3. The van der Waals surface area contributed by atoms with Gasteiger partial charge in [-0.05, 0) is 24.6 Å². The fraction of sp³-hybridized carbons (Fsp3) is 0.357. The van der Waals surface area contributed by atoms with Crippen LogP contribution in [0.15, 0.2) is 18.2 Å². The van der Waals surface area contributed by atoms with E-state index in [1.807, 2.05) is 6.92 Å². The van der Waals surface area contributed by atoms with Crippen LogP contribution in [0.25, 0.3) is 6.08 Å². The second-order valence-corrected chi connectivity index (χ2v) is 3.74. The van der Waals surface area contributed by atoms with Crippen LogP contribution in [0.4, 0.5) is 0 Å². The van der Waals surface area contributed by atoms with Crippen molar-refractivity contribution in [2.45, 2.75) is 13.3 Å². The number of hydrogen-bond acceptors (Lipinski definition) is 5. The second-order valence-electron chi connectivity index (χ2n) is 3.74. The van der Waals surface area contributed by atoms with Gasteiger partial charge < -0.3 is 19.3 Å². The number of hydrogen-bond donors (Lipinski definition) is 1. The molecule has 0 saturated heterocycles. The molecule has 1 rings (SSSR count). The van der Waals surface area contributed by atoms with Crippen LogP contribution in [0.1, 0.15) is 18.9 Å². The number of esters is 1. The first-order chi connectivity index (χ1) is 9.13. The number of ether oxygens (including phenoxy) is 3. The number of carbonyl (C=O) groups excluding carboxylic acids is 1. The smallest absolute Gasteiger partial charge is 0.330 e. The van der Waals surface area contributed by atoms with Crippen LogP contribution < -0.4 is 9.47 Å². The molecule has 5 heteroatoms. The number of carbonyl (C=O) groups is 1. The number of phenols is 1. The molecule has 0 heterocycles. The van der Waals surface area contributed by atoms with Crippen molar-refractivity contribution in [2.75, 3.05) is 20.8 Å². The predicted octanol–water partition coefficient (Wildman–Crippen LogP) is 2.38. The Morgan fingerprint density at radius 3 is 2.63 bits per heavy atom. The van der Waals surface area contributed by atoms with Crippen molar-refractivity contribution in [1.29, 1.82) is 0 Å². The molecular formula is C14H18O5. The molecule has 0 amide bonds. The van der Waals surface area contributed by atoms with Gasteiger partial charge in [-0.25, -0.2) is 4.79 Å². The predicted molar refractivity (Wildman–Crippen MR) is 71.5 cm³/mol. The number of rotatable bonds is 6. The summed E-state index contributed by atoms with van der Waals surface area (Å²) in [4.78, 5) is 11.3. The molecule has 19 heavy (non-hydrogen) atoms. The molecule has 0 aliphatic heterocycles. The molecule has 1 aromatic carbocycles. The van der Waals surface area contributed by atoms with Gasteiger partial charge in [-0.2, -0.15) is 0 Å². The van der Waals surface area contributed by atoms with E-state index in [0.717, 1.165) is 6.42 Å². The largest absolute Gasteiger partial charge is 0.502 e. The first kappa shape index (κ1) is 14.9. The van der Waals surface area contributed by atoms with Crippen molar-refractivity contribution in [3.63, 3.8) is 0 Å². The highest BCUT2D eigenvalue weighted by Crippen LogP contribution is 2.39. The number of aromatic hydroxyl groups is 1. The van der Waals surface area contributed by atoms with Crippen molar-refractivity contribution in [3.8, 4) is 17.2 Å². The summed E-state index contributed by atoms with van der Waals surface area (Å²) in [6.07, 6.45) is 3.58. The lowest BCUT2D eigenvalue weighted by Crippen LogP contribution is -2.01.